The molecule has 1 amide bonds. The first kappa shape index (κ1) is 13.4. The quantitative estimate of drug-likeness (QED) is 0.859. The van der Waals surface area contributed by atoms with Crippen LogP contribution in [0.4, 0.5) is 0 Å². The molecule has 0 spiro atoms. The predicted octanol–water partition coefficient (Wildman–Crippen LogP) is 2.27. The summed E-state index contributed by atoms with van der Waals surface area (Å²) >= 11 is 0. The van der Waals surface area contributed by atoms with E-state index >= 15 is 0 Å². The van der Waals surface area contributed by atoms with E-state index in [2.05, 4.69) is 22.6 Å². The van der Waals surface area contributed by atoms with E-state index in [0.717, 1.165) is 37.8 Å². The molecule has 3 rings (SSSR count). The zero-order chi connectivity index (χ0) is 13.9. The molecule has 0 bridgehead atoms. The molecule has 108 valence electrons. The fourth-order valence-corrected chi connectivity index (χ4v) is 3.35. The Kier molecular flexibility index (Phi) is 3.90. The number of fused-ring (bicyclic) bond motifs is 1. The van der Waals surface area contributed by atoms with Gasteiger partial charge in [-0.05, 0) is 50.5 Å². The lowest BCUT2D eigenvalue weighted by Crippen LogP contribution is -2.31. The van der Waals surface area contributed by atoms with Crippen LogP contribution in [0.1, 0.15) is 49.1 Å². The van der Waals surface area contributed by atoms with Gasteiger partial charge in [-0.15, -0.1) is 0 Å². The third kappa shape index (κ3) is 2.65. The molecule has 0 radical (unpaired) electrons. The zero-order valence-corrected chi connectivity index (χ0v) is 12.2. The fourth-order valence-electron chi connectivity index (χ4n) is 3.35. The number of aromatic nitrogens is 2. The van der Waals surface area contributed by atoms with Crippen molar-refractivity contribution in [1.82, 2.24) is 15.1 Å². The van der Waals surface area contributed by atoms with Crippen LogP contribution in [-0.2, 0) is 31.2 Å². The van der Waals surface area contributed by atoms with Gasteiger partial charge >= 0.3 is 0 Å². The average molecular weight is 273 g/mol. The molecule has 0 fully saturated rings. The van der Waals surface area contributed by atoms with Gasteiger partial charge in [-0.3, -0.25) is 9.48 Å². The summed E-state index contributed by atoms with van der Waals surface area (Å²) < 4.78 is 2.00. The molecule has 0 aromatic carbocycles. The highest BCUT2D eigenvalue weighted by molar-refractivity contribution is 5.78. The Morgan fingerprint density at radius 3 is 3.05 bits per heavy atom. The third-order valence-electron chi connectivity index (χ3n) is 4.52. The van der Waals surface area contributed by atoms with Crippen LogP contribution in [-0.4, -0.2) is 15.7 Å². The van der Waals surface area contributed by atoms with Crippen molar-refractivity contribution in [3.63, 3.8) is 0 Å². The molecule has 4 heteroatoms. The van der Waals surface area contributed by atoms with E-state index in [9.17, 15) is 4.79 Å². The Labute approximate surface area is 120 Å². The first-order valence-electron chi connectivity index (χ1n) is 7.72. The largest absolute Gasteiger partial charge is 0.350 e. The number of nitrogens with zero attached hydrogens (tertiary/aromatic N) is 2. The SMILES string of the molecule is Cn1nc(CNC(=O)[C@@H]2CC=CCC2)c2c1CCCC2. The fraction of sp³-hybridized carbons (Fsp3) is 0.625. The molecule has 0 saturated carbocycles. The smallest absolute Gasteiger partial charge is 0.223 e. The van der Waals surface area contributed by atoms with Gasteiger partial charge in [-0.1, -0.05) is 12.2 Å². The molecule has 1 heterocycles. The Morgan fingerprint density at radius 1 is 1.40 bits per heavy atom. The lowest BCUT2D eigenvalue weighted by Gasteiger charge is -2.17. The van der Waals surface area contributed by atoms with Gasteiger partial charge in [0.05, 0.1) is 12.2 Å². The summed E-state index contributed by atoms with van der Waals surface area (Å²) in [6.45, 7) is 0.586. The number of carbonyl (C=O) groups is 1. The lowest BCUT2D eigenvalue weighted by molar-refractivity contribution is -0.125. The van der Waals surface area contributed by atoms with E-state index in [1.165, 1.54) is 24.1 Å². The van der Waals surface area contributed by atoms with Crippen molar-refractivity contribution in [2.45, 2.75) is 51.5 Å². The third-order valence-corrected chi connectivity index (χ3v) is 4.52. The van der Waals surface area contributed by atoms with Crippen LogP contribution in [0.3, 0.4) is 0 Å². The van der Waals surface area contributed by atoms with E-state index in [1.54, 1.807) is 0 Å². The minimum atomic E-state index is 0.152. The molecule has 2 aliphatic rings. The number of hydrogen-bond acceptors (Lipinski definition) is 2. The number of carbonyl (C=O) groups excluding carboxylic acids is 1. The van der Waals surface area contributed by atoms with Crippen molar-refractivity contribution in [2.24, 2.45) is 13.0 Å². The van der Waals surface area contributed by atoms with Crippen molar-refractivity contribution in [1.29, 1.82) is 0 Å². The maximum Gasteiger partial charge on any atom is 0.223 e. The monoisotopic (exact) mass is 273 g/mol. The summed E-state index contributed by atoms with van der Waals surface area (Å²) in [5.41, 5.74) is 3.81. The molecule has 0 saturated heterocycles. The van der Waals surface area contributed by atoms with Gasteiger partial charge in [-0.25, -0.2) is 0 Å². The van der Waals surface area contributed by atoms with Gasteiger partial charge in [0.15, 0.2) is 0 Å². The van der Waals surface area contributed by atoms with Crippen molar-refractivity contribution < 1.29 is 4.79 Å². The second-order valence-electron chi connectivity index (χ2n) is 5.90. The van der Waals surface area contributed by atoms with Gasteiger partial charge in [0, 0.05) is 18.7 Å². The van der Waals surface area contributed by atoms with Crippen molar-refractivity contribution in [2.75, 3.05) is 0 Å². The number of amides is 1. The van der Waals surface area contributed by atoms with Crippen molar-refractivity contribution in [3.8, 4) is 0 Å². The van der Waals surface area contributed by atoms with Gasteiger partial charge in [-0.2, -0.15) is 5.10 Å². The number of aryl methyl sites for hydroxylation is 1. The summed E-state index contributed by atoms with van der Waals surface area (Å²) in [6.07, 6.45) is 11.9. The number of allylic oxidation sites excluding steroid dienone is 2. The zero-order valence-electron chi connectivity index (χ0n) is 12.2. The van der Waals surface area contributed by atoms with E-state index in [0.29, 0.717) is 6.54 Å². The molecule has 20 heavy (non-hydrogen) atoms. The highest BCUT2D eigenvalue weighted by Crippen LogP contribution is 2.24. The molecule has 4 nitrogen and oxygen atoms in total. The molecule has 1 atom stereocenters. The highest BCUT2D eigenvalue weighted by Gasteiger charge is 2.22. The number of rotatable bonds is 3. The van der Waals surface area contributed by atoms with Crippen LogP contribution >= 0.6 is 0 Å². The molecule has 1 aromatic heterocycles. The normalized spacial score (nSPS) is 21.6. The Bertz CT molecular complexity index is 530. The van der Waals surface area contributed by atoms with Gasteiger partial charge in [0.1, 0.15) is 0 Å². The standard InChI is InChI=1S/C16H23N3O/c1-19-15-10-6-5-9-13(15)14(18-19)11-17-16(20)12-7-3-2-4-8-12/h2-3,12H,4-11H2,1H3,(H,17,20)/t12-/m1/s1. The van der Waals surface area contributed by atoms with Gasteiger partial charge in [0.25, 0.3) is 0 Å². The van der Waals surface area contributed by atoms with Gasteiger partial charge < -0.3 is 5.32 Å². The molecule has 2 aliphatic carbocycles. The van der Waals surface area contributed by atoms with E-state index in [4.69, 9.17) is 0 Å². The minimum absolute atomic E-state index is 0.152. The van der Waals surface area contributed by atoms with Gasteiger partial charge in [0.2, 0.25) is 5.91 Å². The molecular weight excluding hydrogens is 250 g/mol. The maximum absolute atomic E-state index is 12.2. The number of nitrogens with one attached hydrogen (secondary N) is 1. The van der Waals surface area contributed by atoms with E-state index in [-0.39, 0.29) is 11.8 Å². The summed E-state index contributed by atoms with van der Waals surface area (Å²) in [4.78, 5) is 12.2. The summed E-state index contributed by atoms with van der Waals surface area (Å²) in [5.74, 6) is 0.337. The first-order chi connectivity index (χ1) is 9.75. The second-order valence-corrected chi connectivity index (χ2v) is 5.90. The van der Waals surface area contributed by atoms with Crippen molar-refractivity contribution >= 4 is 5.91 Å². The summed E-state index contributed by atoms with van der Waals surface area (Å²) in [7, 11) is 2.02. The Hall–Kier alpha value is -1.58. The van der Waals surface area contributed by atoms with Crippen LogP contribution in [0.25, 0.3) is 0 Å². The van der Waals surface area contributed by atoms with Crippen LogP contribution in [0, 0.1) is 5.92 Å². The second kappa shape index (κ2) is 5.81. The average Bonchev–Trinajstić information content (AvgIpc) is 2.83. The maximum atomic E-state index is 12.2. The van der Waals surface area contributed by atoms with Crippen LogP contribution in [0.5, 0.6) is 0 Å². The van der Waals surface area contributed by atoms with Crippen LogP contribution in [0.15, 0.2) is 12.2 Å². The van der Waals surface area contributed by atoms with E-state index in [1.807, 2.05) is 11.7 Å². The van der Waals surface area contributed by atoms with Crippen molar-refractivity contribution in [3.05, 3.63) is 29.1 Å². The lowest BCUT2D eigenvalue weighted by atomic mass is 9.93. The van der Waals surface area contributed by atoms with E-state index < -0.39 is 0 Å². The predicted molar refractivity (Wildman–Crippen MR) is 78.2 cm³/mol. The highest BCUT2D eigenvalue weighted by atomic mass is 16.1. The topological polar surface area (TPSA) is 46.9 Å². The molecular formula is C16H23N3O. The summed E-state index contributed by atoms with van der Waals surface area (Å²) in [6, 6.07) is 0. The van der Waals surface area contributed by atoms with Crippen LogP contribution in [0.2, 0.25) is 0 Å². The Balaban J connectivity index is 1.63. The molecule has 0 aliphatic heterocycles. The Morgan fingerprint density at radius 2 is 2.25 bits per heavy atom. The molecule has 1 N–H and O–H groups in total. The number of hydrogen-bond donors (Lipinski definition) is 1. The summed E-state index contributed by atoms with van der Waals surface area (Å²) in [5, 5.41) is 7.68. The molecule has 0 unspecified atom stereocenters. The first-order valence-corrected chi connectivity index (χ1v) is 7.72. The van der Waals surface area contributed by atoms with Crippen LogP contribution < -0.4 is 5.32 Å². The minimum Gasteiger partial charge on any atom is -0.350 e. The molecule has 1 aromatic rings.